The quantitative estimate of drug-likeness (QED) is 0.890. The highest BCUT2D eigenvalue weighted by molar-refractivity contribution is 9.10. The van der Waals surface area contributed by atoms with Gasteiger partial charge < -0.3 is 5.32 Å². The summed E-state index contributed by atoms with van der Waals surface area (Å²) in [5.41, 5.74) is 0. The largest absolute Gasteiger partial charge is 0.309 e. The first-order valence-corrected chi connectivity index (χ1v) is 9.28. The van der Waals surface area contributed by atoms with Crippen molar-refractivity contribution >= 4 is 25.8 Å². The van der Waals surface area contributed by atoms with E-state index in [9.17, 15) is 8.42 Å². The minimum atomic E-state index is -3.19. The second kappa shape index (κ2) is 6.56. The van der Waals surface area contributed by atoms with Crippen LogP contribution in [0.25, 0.3) is 0 Å². The normalized spacial score (nSPS) is 24.8. The number of nitrogens with zero attached hydrogens (tertiary/aromatic N) is 1. The highest BCUT2D eigenvalue weighted by Crippen LogP contribution is 2.16. The molecule has 0 saturated carbocycles. The molecule has 0 spiro atoms. The van der Waals surface area contributed by atoms with Gasteiger partial charge in [-0.25, -0.2) is 8.42 Å². The zero-order valence-corrected chi connectivity index (χ0v) is 14.2. The van der Waals surface area contributed by atoms with E-state index in [2.05, 4.69) is 40.0 Å². The van der Waals surface area contributed by atoms with Crippen molar-refractivity contribution in [2.75, 3.05) is 25.4 Å². The summed E-state index contributed by atoms with van der Waals surface area (Å²) in [6.07, 6.45) is 0. The minimum absolute atomic E-state index is 0.175. The summed E-state index contributed by atoms with van der Waals surface area (Å²) in [6.45, 7) is 6.66. The van der Waals surface area contributed by atoms with Crippen molar-refractivity contribution in [1.82, 2.24) is 10.2 Å². The molecule has 0 aliphatic carbocycles. The second-order valence-corrected chi connectivity index (χ2v) is 8.53. The van der Waals surface area contributed by atoms with E-state index in [4.69, 9.17) is 0 Å². The molecule has 0 bridgehead atoms. The minimum Gasteiger partial charge on any atom is -0.309 e. The second-order valence-electron chi connectivity index (χ2n) is 5.50. The lowest BCUT2D eigenvalue weighted by Gasteiger charge is -2.36. The fourth-order valence-electron chi connectivity index (χ4n) is 2.63. The SMILES string of the molecule is CC1CN(CCS(=O)(=O)c2ccc(Br)cc2)CC(C)N1. The van der Waals surface area contributed by atoms with E-state index in [1.807, 2.05) is 0 Å². The predicted molar refractivity (Wildman–Crippen MR) is 84.7 cm³/mol. The molecule has 20 heavy (non-hydrogen) atoms. The predicted octanol–water partition coefficient (Wildman–Crippen LogP) is 1.91. The number of piperazine rings is 1. The van der Waals surface area contributed by atoms with Gasteiger partial charge in [-0.05, 0) is 38.1 Å². The molecule has 2 unspecified atom stereocenters. The van der Waals surface area contributed by atoms with Crippen LogP contribution >= 0.6 is 15.9 Å². The summed E-state index contributed by atoms with van der Waals surface area (Å²) in [7, 11) is -3.19. The average molecular weight is 361 g/mol. The summed E-state index contributed by atoms with van der Waals surface area (Å²) < 4.78 is 25.5. The van der Waals surface area contributed by atoms with Gasteiger partial charge in [0, 0.05) is 36.2 Å². The van der Waals surface area contributed by atoms with Gasteiger partial charge in [0.05, 0.1) is 10.6 Å². The Balaban J connectivity index is 1.97. The number of benzene rings is 1. The van der Waals surface area contributed by atoms with E-state index in [1.54, 1.807) is 24.3 Å². The molecule has 2 rings (SSSR count). The van der Waals surface area contributed by atoms with Gasteiger partial charge in [0.25, 0.3) is 0 Å². The van der Waals surface area contributed by atoms with Crippen LogP contribution in [0, 0.1) is 0 Å². The molecule has 6 heteroatoms. The maximum absolute atomic E-state index is 12.3. The molecule has 2 atom stereocenters. The van der Waals surface area contributed by atoms with E-state index >= 15 is 0 Å². The Morgan fingerprint density at radius 1 is 1.20 bits per heavy atom. The van der Waals surface area contributed by atoms with E-state index in [1.165, 1.54) is 0 Å². The lowest BCUT2D eigenvalue weighted by atomic mass is 10.1. The van der Waals surface area contributed by atoms with Gasteiger partial charge in [-0.1, -0.05) is 15.9 Å². The van der Waals surface area contributed by atoms with Gasteiger partial charge in [-0.3, -0.25) is 4.90 Å². The summed E-state index contributed by atoms with van der Waals surface area (Å²) in [6, 6.07) is 7.66. The third-order valence-corrected chi connectivity index (χ3v) is 5.72. The molecule has 1 aliphatic rings. The molecule has 1 N–H and O–H groups in total. The zero-order valence-electron chi connectivity index (χ0n) is 11.8. The van der Waals surface area contributed by atoms with Crippen molar-refractivity contribution < 1.29 is 8.42 Å². The Bertz CT molecular complexity index is 535. The Kier molecular flexibility index (Phi) is 5.23. The smallest absolute Gasteiger partial charge is 0.179 e. The summed E-state index contributed by atoms with van der Waals surface area (Å²) in [4.78, 5) is 2.62. The van der Waals surface area contributed by atoms with Crippen molar-refractivity contribution in [3.63, 3.8) is 0 Å². The van der Waals surface area contributed by atoms with Crippen molar-refractivity contribution in [2.45, 2.75) is 30.8 Å². The number of sulfone groups is 1. The molecule has 1 aromatic carbocycles. The lowest BCUT2D eigenvalue weighted by molar-refractivity contribution is 0.182. The Morgan fingerprint density at radius 2 is 1.75 bits per heavy atom. The third-order valence-electron chi connectivity index (χ3n) is 3.48. The van der Waals surface area contributed by atoms with Crippen LogP contribution in [-0.2, 0) is 9.84 Å². The Labute approximate surface area is 129 Å². The highest BCUT2D eigenvalue weighted by Gasteiger charge is 2.23. The maximum Gasteiger partial charge on any atom is 0.179 e. The molecule has 0 amide bonds. The number of hydrogen-bond acceptors (Lipinski definition) is 4. The van der Waals surface area contributed by atoms with Gasteiger partial charge in [0.2, 0.25) is 0 Å². The Morgan fingerprint density at radius 3 is 2.30 bits per heavy atom. The monoisotopic (exact) mass is 360 g/mol. The molecule has 1 saturated heterocycles. The van der Waals surface area contributed by atoms with Crippen LogP contribution in [0.5, 0.6) is 0 Å². The van der Waals surface area contributed by atoms with Crippen molar-refractivity contribution in [3.8, 4) is 0 Å². The molecule has 1 heterocycles. The molecule has 4 nitrogen and oxygen atoms in total. The van der Waals surface area contributed by atoms with E-state index in [0.717, 1.165) is 17.6 Å². The first kappa shape index (κ1) is 15.9. The van der Waals surface area contributed by atoms with Crippen LogP contribution in [0.4, 0.5) is 0 Å². The number of halogens is 1. The van der Waals surface area contributed by atoms with Gasteiger partial charge in [0.1, 0.15) is 0 Å². The van der Waals surface area contributed by atoms with Crippen LogP contribution in [0.15, 0.2) is 33.6 Å². The fraction of sp³-hybridized carbons (Fsp3) is 0.571. The summed E-state index contributed by atoms with van der Waals surface area (Å²) in [5.74, 6) is 0.175. The van der Waals surface area contributed by atoms with Crippen LogP contribution in [0.2, 0.25) is 0 Å². The molecular formula is C14H21BrN2O2S. The maximum atomic E-state index is 12.3. The van der Waals surface area contributed by atoms with Gasteiger partial charge in [0.15, 0.2) is 9.84 Å². The van der Waals surface area contributed by atoms with E-state index < -0.39 is 9.84 Å². The number of hydrogen-bond donors (Lipinski definition) is 1. The molecular weight excluding hydrogens is 340 g/mol. The van der Waals surface area contributed by atoms with E-state index in [0.29, 0.717) is 23.5 Å². The van der Waals surface area contributed by atoms with Crippen molar-refractivity contribution in [1.29, 1.82) is 0 Å². The standard InChI is InChI=1S/C14H21BrN2O2S/c1-11-9-17(10-12(2)16-11)7-8-20(18,19)14-5-3-13(15)4-6-14/h3-6,11-12,16H,7-10H2,1-2H3. The van der Waals surface area contributed by atoms with Gasteiger partial charge in [-0.15, -0.1) is 0 Å². The van der Waals surface area contributed by atoms with Crippen LogP contribution in [0.1, 0.15) is 13.8 Å². The number of rotatable bonds is 4. The van der Waals surface area contributed by atoms with Crippen molar-refractivity contribution in [3.05, 3.63) is 28.7 Å². The molecule has 0 radical (unpaired) electrons. The summed E-state index contributed by atoms with van der Waals surface area (Å²) in [5, 5.41) is 3.45. The average Bonchev–Trinajstić information content (AvgIpc) is 2.36. The van der Waals surface area contributed by atoms with E-state index in [-0.39, 0.29) is 5.75 Å². The molecule has 1 aliphatic heterocycles. The topological polar surface area (TPSA) is 49.4 Å². The molecule has 0 aromatic heterocycles. The van der Waals surface area contributed by atoms with Crippen molar-refractivity contribution in [2.24, 2.45) is 0 Å². The third kappa shape index (κ3) is 4.28. The van der Waals surface area contributed by atoms with Crippen LogP contribution in [0.3, 0.4) is 0 Å². The Hall–Kier alpha value is -0.430. The van der Waals surface area contributed by atoms with Gasteiger partial charge >= 0.3 is 0 Å². The zero-order chi connectivity index (χ0) is 14.8. The first-order valence-electron chi connectivity index (χ1n) is 6.83. The molecule has 1 fully saturated rings. The lowest BCUT2D eigenvalue weighted by Crippen LogP contribution is -2.54. The first-order chi connectivity index (χ1) is 9.37. The van der Waals surface area contributed by atoms with Crippen LogP contribution in [-0.4, -0.2) is 50.8 Å². The molecule has 112 valence electrons. The van der Waals surface area contributed by atoms with Gasteiger partial charge in [-0.2, -0.15) is 0 Å². The van der Waals surface area contributed by atoms with Crippen LogP contribution < -0.4 is 5.32 Å². The molecule has 1 aromatic rings. The highest BCUT2D eigenvalue weighted by atomic mass is 79.9. The number of nitrogens with one attached hydrogen (secondary N) is 1. The summed E-state index contributed by atoms with van der Waals surface area (Å²) >= 11 is 3.32. The fourth-order valence-corrected chi connectivity index (χ4v) is 4.18.